The molecule has 7 nitrogen and oxygen atoms in total. The van der Waals surface area contributed by atoms with E-state index >= 15 is 0 Å². The number of para-hydroxylation sites is 1. The highest BCUT2D eigenvalue weighted by Crippen LogP contribution is 2.26. The van der Waals surface area contributed by atoms with Crippen LogP contribution in [0.25, 0.3) is 5.69 Å². The average molecular weight is 412 g/mol. The van der Waals surface area contributed by atoms with Crippen molar-refractivity contribution in [1.82, 2.24) is 24.9 Å². The van der Waals surface area contributed by atoms with Crippen LogP contribution >= 0.6 is 11.6 Å². The fourth-order valence-electron chi connectivity index (χ4n) is 3.61. The molecule has 0 spiro atoms. The molecule has 1 fully saturated rings. The standard InChI is InChI=1S/C21H22ClN5O2/c1-15-6-7-16(14-29-17-8-9-23-20(22)12-17)13-26(15)21(28)18-4-2-3-5-19(18)27-24-10-11-25-27/h2-5,8-12,15-16H,6-7,13-14H2,1H3. The predicted molar refractivity (Wildman–Crippen MR) is 109 cm³/mol. The highest BCUT2D eigenvalue weighted by molar-refractivity contribution is 6.29. The van der Waals surface area contributed by atoms with Crippen molar-refractivity contribution in [3.63, 3.8) is 0 Å². The van der Waals surface area contributed by atoms with Crippen LogP contribution in [0.4, 0.5) is 0 Å². The minimum atomic E-state index is -0.0120. The molecule has 1 amide bonds. The quantitative estimate of drug-likeness (QED) is 0.599. The Morgan fingerprint density at radius 2 is 1.97 bits per heavy atom. The lowest BCUT2D eigenvalue weighted by Crippen LogP contribution is -2.47. The van der Waals surface area contributed by atoms with Crippen molar-refractivity contribution in [2.45, 2.75) is 25.8 Å². The molecule has 1 saturated heterocycles. The normalized spacial score (nSPS) is 19.2. The van der Waals surface area contributed by atoms with Gasteiger partial charge in [-0.05, 0) is 38.0 Å². The summed E-state index contributed by atoms with van der Waals surface area (Å²) in [7, 11) is 0. The Labute approximate surface area is 174 Å². The first-order valence-electron chi connectivity index (χ1n) is 9.63. The summed E-state index contributed by atoms with van der Waals surface area (Å²) < 4.78 is 5.89. The van der Waals surface area contributed by atoms with Gasteiger partial charge in [-0.25, -0.2) is 4.98 Å². The number of nitrogens with zero attached hydrogens (tertiary/aromatic N) is 5. The Balaban J connectivity index is 1.48. The Kier molecular flexibility index (Phi) is 5.76. The van der Waals surface area contributed by atoms with E-state index in [0.717, 1.165) is 12.8 Å². The first-order valence-corrected chi connectivity index (χ1v) is 10.0. The number of benzene rings is 1. The molecule has 0 radical (unpaired) electrons. The number of amides is 1. The topological polar surface area (TPSA) is 73.1 Å². The van der Waals surface area contributed by atoms with Gasteiger partial charge in [-0.15, -0.1) is 0 Å². The van der Waals surface area contributed by atoms with E-state index in [0.29, 0.717) is 35.3 Å². The molecule has 1 aliphatic heterocycles. The third kappa shape index (κ3) is 4.40. The highest BCUT2D eigenvalue weighted by Gasteiger charge is 2.31. The van der Waals surface area contributed by atoms with Gasteiger partial charge in [0.25, 0.3) is 5.91 Å². The lowest BCUT2D eigenvalue weighted by molar-refractivity contribution is 0.0505. The number of carbonyl (C=O) groups excluding carboxylic acids is 1. The van der Waals surface area contributed by atoms with Gasteiger partial charge in [0.2, 0.25) is 0 Å². The van der Waals surface area contributed by atoms with Crippen LogP contribution in [0.15, 0.2) is 55.0 Å². The molecule has 2 aromatic heterocycles. The Morgan fingerprint density at radius 3 is 2.76 bits per heavy atom. The highest BCUT2D eigenvalue weighted by atomic mass is 35.5. The van der Waals surface area contributed by atoms with Gasteiger partial charge in [0.05, 0.1) is 30.3 Å². The van der Waals surface area contributed by atoms with E-state index in [1.807, 2.05) is 29.2 Å². The zero-order valence-corrected chi connectivity index (χ0v) is 16.9. The molecule has 3 aromatic rings. The molecule has 8 heteroatoms. The number of pyridine rings is 1. The Morgan fingerprint density at radius 1 is 1.17 bits per heavy atom. The fraction of sp³-hybridized carbons (Fsp3) is 0.333. The van der Waals surface area contributed by atoms with Crippen LogP contribution < -0.4 is 4.74 Å². The van der Waals surface area contributed by atoms with Gasteiger partial charge < -0.3 is 9.64 Å². The van der Waals surface area contributed by atoms with Crippen molar-refractivity contribution < 1.29 is 9.53 Å². The van der Waals surface area contributed by atoms with Gasteiger partial charge in [0.15, 0.2) is 0 Å². The lowest BCUT2D eigenvalue weighted by atomic mass is 9.93. The molecule has 1 aromatic carbocycles. The van der Waals surface area contributed by atoms with E-state index in [1.54, 1.807) is 30.7 Å². The second kappa shape index (κ2) is 8.61. The number of likely N-dealkylation sites (tertiary alicyclic amines) is 1. The lowest BCUT2D eigenvalue weighted by Gasteiger charge is -2.38. The van der Waals surface area contributed by atoms with Gasteiger partial charge in [-0.1, -0.05) is 23.7 Å². The number of hydrogen-bond donors (Lipinski definition) is 0. The summed E-state index contributed by atoms with van der Waals surface area (Å²) in [6.07, 6.45) is 6.76. The van der Waals surface area contributed by atoms with Crippen molar-refractivity contribution >= 4 is 17.5 Å². The maximum Gasteiger partial charge on any atom is 0.256 e. The molecule has 0 N–H and O–H groups in total. The number of halogens is 1. The van der Waals surface area contributed by atoms with Crippen molar-refractivity contribution in [2.75, 3.05) is 13.2 Å². The number of ether oxygens (including phenoxy) is 1. The Hall–Kier alpha value is -2.93. The first-order chi connectivity index (χ1) is 14.1. The zero-order chi connectivity index (χ0) is 20.2. The third-order valence-electron chi connectivity index (χ3n) is 5.19. The molecular weight excluding hydrogens is 390 g/mol. The van der Waals surface area contributed by atoms with Crippen LogP contribution in [0, 0.1) is 5.92 Å². The minimum Gasteiger partial charge on any atom is -0.493 e. The largest absolute Gasteiger partial charge is 0.493 e. The molecule has 3 heterocycles. The summed E-state index contributed by atoms with van der Waals surface area (Å²) in [5.74, 6) is 0.927. The summed E-state index contributed by atoms with van der Waals surface area (Å²) in [6.45, 7) is 3.26. The molecular formula is C21H22ClN5O2. The van der Waals surface area contributed by atoms with Crippen molar-refractivity contribution in [1.29, 1.82) is 0 Å². The molecule has 2 unspecified atom stereocenters. The van der Waals surface area contributed by atoms with Crippen molar-refractivity contribution in [2.24, 2.45) is 5.92 Å². The fourth-order valence-corrected chi connectivity index (χ4v) is 3.78. The van der Waals surface area contributed by atoms with Crippen LogP contribution in [0.2, 0.25) is 5.15 Å². The SMILES string of the molecule is CC1CCC(COc2ccnc(Cl)c2)CN1C(=O)c1ccccc1-n1nccn1. The maximum atomic E-state index is 13.4. The number of hydrogen-bond acceptors (Lipinski definition) is 5. The molecule has 150 valence electrons. The molecule has 2 atom stereocenters. The second-order valence-corrected chi connectivity index (χ2v) is 7.60. The van der Waals surface area contributed by atoms with Crippen molar-refractivity contribution in [3.05, 3.63) is 65.7 Å². The summed E-state index contributed by atoms with van der Waals surface area (Å²) in [6, 6.07) is 11.1. The summed E-state index contributed by atoms with van der Waals surface area (Å²) in [5, 5.41) is 8.76. The van der Waals surface area contributed by atoms with E-state index in [-0.39, 0.29) is 17.9 Å². The van der Waals surface area contributed by atoms with E-state index in [1.165, 1.54) is 4.80 Å². The summed E-state index contributed by atoms with van der Waals surface area (Å²) in [4.78, 5) is 20.8. The minimum absolute atomic E-state index is 0.0120. The molecule has 29 heavy (non-hydrogen) atoms. The second-order valence-electron chi connectivity index (χ2n) is 7.21. The first kappa shape index (κ1) is 19.4. The molecule has 0 bridgehead atoms. The monoisotopic (exact) mass is 411 g/mol. The summed E-state index contributed by atoms with van der Waals surface area (Å²) in [5.41, 5.74) is 1.28. The molecule has 0 aliphatic carbocycles. The Bertz CT molecular complexity index is 979. The van der Waals surface area contributed by atoms with Gasteiger partial charge in [-0.3, -0.25) is 4.79 Å². The van der Waals surface area contributed by atoms with Crippen LogP contribution in [-0.2, 0) is 0 Å². The van der Waals surface area contributed by atoms with E-state index < -0.39 is 0 Å². The molecule has 1 aliphatic rings. The van der Waals surface area contributed by atoms with Crippen molar-refractivity contribution in [3.8, 4) is 11.4 Å². The van der Waals surface area contributed by atoms with Gasteiger partial charge >= 0.3 is 0 Å². The van der Waals surface area contributed by atoms with Gasteiger partial charge in [-0.2, -0.15) is 15.0 Å². The van der Waals surface area contributed by atoms with Crippen LogP contribution in [0.5, 0.6) is 5.75 Å². The average Bonchev–Trinajstić information content (AvgIpc) is 3.27. The number of rotatable bonds is 5. The van der Waals surface area contributed by atoms with Gasteiger partial charge in [0.1, 0.15) is 10.9 Å². The molecule has 0 saturated carbocycles. The zero-order valence-electron chi connectivity index (χ0n) is 16.1. The van der Waals surface area contributed by atoms with Crippen LogP contribution in [0.3, 0.4) is 0 Å². The van der Waals surface area contributed by atoms with E-state index in [2.05, 4.69) is 22.1 Å². The summed E-state index contributed by atoms with van der Waals surface area (Å²) >= 11 is 5.92. The molecule has 4 rings (SSSR count). The van der Waals surface area contributed by atoms with E-state index in [4.69, 9.17) is 16.3 Å². The van der Waals surface area contributed by atoms with Gasteiger partial charge in [0, 0.05) is 30.8 Å². The number of piperidine rings is 1. The maximum absolute atomic E-state index is 13.4. The third-order valence-corrected chi connectivity index (χ3v) is 5.40. The van der Waals surface area contributed by atoms with Crippen LogP contribution in [0.1, 0.15) is 30.1 Å². The number of aromatic nitrogens is 4. The van der Waals surface area contributed by atoms with E-state index in [9.17, 15) is 4.79 Å². The predicted octanol–water partition coefficient (Wildman–Crippen LogP) is 3.64. The van der Waals surface area contributed by atoms with Crippen LogP contribution in [-0.4, -0.2) is 50.0 Å². The smallest absolute Gasteiger partial charge is 0.256 e. The number of carbonyl (C=O) groups is 1.